The van der Waals surface area contributed by atoms with Crippen molar-refractivity contribution in [2.75, 3.05) is 0 Å². The number of rotatable bonds is 3. The van der Waals surface area contributed by atoms with E-state index in [0.29, 0.717) is 38.0 Å². The minimum atomic E-state index is 0.477. The van der Waals surface area contributed by atoms with Gasteiger partial charge < -0.3 is 4.57 Å². The average molecular weight is 373 g/mol. The van der Waals surface area contributed by atoms with Crippen LogP contribution in [0.15, 0.2) is 42.7 Å². The molecular weight excluding hydrogens is 364 g/mol. The van der Waals surface area contributed by atoms with E-state index in [2.05, 4.69) is 10.2 Å². The van der Waals surface area contributed by atoms with Crippen molar-refractivity contribution in [2.24, 2.45) is 0 Å². The van der Waals surface area contributed by atoms with E-state index in [-0.39, 0.29) is 0 Å². The van der Waals surface area contributed by atoms with Crippen molar-refractivity contribution in [3.05, 3.63) is 68.4 Å². The first kappa shape index (κ1) is 15.6. The molecule has 0 spiro atoms. The van der Waals surface area contributed by atoms with Gasteiger partial charge in [-0.3, -0.25) is 0 Å². The van der Waals surface area contributed by atoms with Crippen LogP contribution in [-0.2, 0) is 6.54 Å². The second kappa shape index (κ2) is 6.47. The van der Waals surface area contributed by atoms with Crippen LogP contribution in [0, 0.1) is 0 Å². The summed E-state index contributed by atoms with van der Waals surface area (Å²) in [7, 11) is 0. The topological polar surface area (TPSA) is 30.7 Å². The van der Waals surface area contributed by atoms with Gasteiger partial charge in [0.1, 0.15) is 6.33 Å². The van der Waals surface area contributed by atoms with Gasteiger partial charge in [0.05, 0.1) is 21.6 Å². The van der Waals surface area contributed by atoms with Gasteiger partial charge in [0, 0.05) is 10.6 Å². The van der Waals surface area contributed by atoms with Gasteiger partial charge in [-0.25, -0.2) is 0 Å². The third-order valence-electron chi connectivity index (χ3n) is 3.16. The lowest BCUT2D eigenvalue weighted by Gasteiger charge is -2.10. The first-order chi connectivity index (χ1) is 10.6. The number of aromatic nitrogens is 3. The molecule has 0 radical (unpaired) electrons. The summed E-state index contributed by atoms with van der Waals surface area (Å²) in [5.74, 6) is 0.614. The van der Waals surface area contributed by atoms with Crippen LogP contribution in [0.3, 0.4) is 0 Å². The van der Waals surface area contributed by atoms with Gasteiger partial charge in [-0.1, -0.05) is 58.5 Å². The lowest BCUT2D eigenvalue weighted by atomic mass is 10.2. The minimum Gasteiger partial charge on any atom is -0.309 e. The van der Waals surface area contributed by atoms with Gasteiger partial charge in [-0.15, -0.1) is 10.2 Å². The molecule has 0 atom stereocenters. The maximum Gasteiger partial charge on any atom is 0.165 e. The van der Waals surface area contributed by atoms with Gasteiger partial charge >= 0.3 is 0 Å². The van der Waals surface area contributed by atoms with Crippen LogP contribution in [0.25, 0.3) is 11.4 Å². The highest BCUT2D eigenvalue weighted by Crippen LogP contribution is 2.31. The van der Waals surface area contributed by atoms with E-state index >= 15 is 0 Å². The lowest BCUT2D eigenvalue weighted by Crippen LogP contribution is -2.02. The van der Waals surface area contributed by atoms with Gasteiger partial charge in [0.25, 0.3) is 0 Å². The Balaban J connectivity index is 2.02. The molecule has 0 saturated heterocycles. The Hall–Kier alpha value is -1.26. The molecule has 0 amide bonds. The molecule has 3 nitrogen and oxygen atoms in total. The van der Waals surface area contributed by atoms with Crippen LogP contribution < -0.4 is 0 Å². The monoisotopic (exact) mass is 371 g/mol. The molecule has 7 heteroatoms. The summed E-state index contributed by atoms with van der Waals surface area (Å²) in [6, 6.07) is 10.7. The largest absolute Gasteiger partial charge is 0.309 e. The van der Waals surface area contributed by atoms with Gasteiger partial charge in [-0.2, -0.15) is 0 Å². The zero-order chi connectivity index (χ0) is 15.7. The van der Waals surface area contributed by atoms with Gasteiger partial charge in [-0.05, 0) is 29.8 Å². The molecule has 3 rings (SSSR count). The van der Waals surface area contributed by atoms with Crippen LogP contribution in [0.1, 0.15) is 5.56 Å². The lowest BCUT2D eigenvalue weighted by molar-refractivity contribution is 0.803. The van der Waals surface area contributed by atoms with E-state index in [1.54, 1.807) is 30.6 Å². The van der Waals surface area contributed by atoms with Crippen LogP contribution in [0.5, 0.6) is 0 Å². The third-order valence-corrected chi connectivity index (χ3v) is 4.58. The van der Waals surface area contributed by atoms with E-state index in [9.17, 15) is 0 Å². The van der Waals surface area contributed by atoms with Crippen molar-refractivity contribution in [1.82, 2.24) is 14.8 Å². The highest BCUT2D eigenvalue weighted by molar-refractivity contribution is 6.42. The Bertz CT molecular complexity index is 829. The summed E-state index contributed by atoms with van der Waals surface area (Å²) in [5, 5.41) is 10.2. The zero-order valence-electron chi connectivity index (χ0n) is 11.1. The molecule has 0 aliphatic heterocycles. The van der Waals surface area contributed by atoms with Crippen LogP contribution >= 0.6 is 46.4 Å². The smallest absolute Gasteiger partial charge is 0.165 e. The van der Waals surface area contributed by atoms with Gasteiger partial charge in [0.15, 0.2) is 5.82 Å². The number of halogens is 4. The summed E-state index contributed by atoms with van der Waals surface area (Å²) < 4.78 is 1.84. The van der Waals surface area contributed by atoms with Crippen LogP contribution in [0.2, 0.25) is 20.1 Å². The second-order valence-electron chi connectivity index (χ2n) is 4.62. The zero-order valence-corrected chi connectivity index (χ0v) is 14.1. The molecule has 2 aromatic carbocycles. The summed E-state index contributed by atoms with van der Waals surface area (Å²) in [4.78, 5) is 0. The molecule has 112 valence electrons. The van der Waals surface area contributed by atoms with E-state index in [0.717, 1.165) is 5.56 Å². The minimum absolute atomic E-state index is 0.477. The molecule has 1 aromatic heterocycles. The summed E-state index contributed by atoms with van der Waals surface area (Å²) >= 11 is 24.5. The van der Waals surface area contributed by atoms with Crippen molar-refractivity contribution < 1.29 is 0 Å². The van der Waals surface area contributed by atoms with Crippen molar-refractivity contribution in [3.63, 3.8) is 0 Å². The summed E-state index contributed by atoms with van der Waals surface area (Å²) in [5.41, 5.74) is 1.58. The van der Waals surface area contributed by atoms with Crippen LogP contribution in [0.4, 0.5) is 0 Å². The first-order valence-electron chi connectivity index (χ1n) is 6.32. The van der Waals surface area contributed by atoms with Crippen molar-refractivity contribution in [3.8, 4) is 11.4 Å². The average Bonchev–Trinajstić information content (AvgIpc) is 2.94. The fraction of sp³-hybridized carbons (Fsp3) is 0.0667. The maximum atomic E-state index is 6.23. The molecule has 0 fully saturated rings. The molecule has 0 unspecified atom stereocenters. The number of benzene rings is 2. The molecule has 0 N–H and O–H groups in total. The van der Waals surface area contributed by atoms with Crippen LogP contribution in [-0.4, -0.2) is 14.8 Å². The first-order valence-corrected chi connectivity index (χ1v) is 7.83. The molecule has 0 aliphatic carbocycles. The van der Waals surface area contributed by atoms with E-state index < -0.39 is 0 Å². The van der Waals surface area contributed by atoms with E-state index in [1.807, 2.05) is 16.7 Å². The van der Waals surface area contributed by atoms with Gasteiger partial charge in [0.2, 0.25) is 0 Å². The van der Waals surface area contributed by atoms with Crippen molar-refractivity contribution in [1.29, 1.82) is 0 Å². The molecule has 0 bridgehead atoms. The van der Waals surface area contributed by atoms with E-state index in [4.69, 9.17) is 46.4 Å². The van der Waals surface area contributed by atoms with Crippen molar-refractivity contribution in [2.45, 2.75) is 6.54 Å². The molecule has 3 aromatic rings. The molecule has 0 saturated carbocycles. The Morgan fingerprint density at radius 1 is 0.955 bits per heavy atom. The predicted octanol–water partition coefficient (Wildman–Crippen LogP) is 5.61. The van der Waals surface area contributed by atoms with Crippen molar-refractivity contribution >= 4 is 46.4 Å². The SMILES string of the molecule is Clc1ccc(Cl)c(-c2nncn2Cc2cccc(Cl)c2Cl)c1. The highest BCUT2D eigenvalue weighted by Gasteiger charge is 2.13. The summed E-state index contributed by atoms with van der Waals surface area (Å²) in [6.45, 7) is 0.477. The Labute approximate surface area is 147 Å². The number of hydrogen-bond acceptors (Lipinski definition) is 2. The molecule has 1 heterocycles. The highest BCUT2D eigenvalue weighted by atomic mass is 35.5. The number of hydrogen-bond donors (Lipinski definition) is 0. The number of nitrogens with zero attached hydrogens (tertiary/aromatic N) is 3. The molecule has 0 aliphatic rings. The predicted molar refractivity (Wildman–Crippen MR) is 91.0 cm³/mol. The Morgan fingerprint density at radius 3 is 2.59 bits per heavy atom. The maximum absolute atomic E-state index is 6.23. The quantitative estimate of drug-likeness (QED) is 0.598. The third kappa shape index (κ3) is 3.08. The Kier molecular flexibility index (Phi) is 4.59. The fourth-order valence-corrected chi connectivity index (χ4v) is 2.86. The standard InChI is InChI=1S/C15H9Cl4N3/c16-10-4-5-12(17)11(6-10)15-21-20-8-22(15)7-9-2-1-3-13(18)14(9)19/h1-6,8H,7H2. The second-order valence-corrected chi connectivity index (χ2v) is 6.25. The molecular formula is C15H9Cl4N3. The Morgan fingerprint density at radius 2 is 1.77 bits per heavy atom. The van der Waals surface area contributed by atoms with E-state index in [1.165, 1.54) is 0 Å². The summed E-state index contributed by atoms with van der Waals surface area (Å²) in [6.07, 6.45) is 1.61. The normalized spacial score (nSPS) is 10.9. The fourth-order valence-electron chi connectivity index (χ4n) is 2.10. The molecule has 22 heavy (non-hydrogen) atoms.